The molecule has 1 spiro atoms. The van der Waals surface area contributed by atoms with E-state index >= 15 is 0 Å². The summed E-state index contributed by atoms with van der Waals surface area (Å²) in [7, 11) is 0. The van der Waals surface area contributed by atoms with Crippen molar-refractivity contribution in [3.63, 3.8) is 0 Å². The molecule has 1 N–H and O–H groups in total. The minimum atomic E-state index is -0.423. The van der Waals surface area contributed by atoms with Crippen LogP contribution in [0, 0.1) is 0 Å². The lowest BCUT2D eigenvalue weighted by molar-refractivity contribution is -0.00892. The normalized spacial score (nSPS) is 30.7. The maximum atomic E-state index is 10.4. The number of rotatable bonds is 1. The summed E-state index contributed by atoms with van der Waals surface area (Å²) < 4.78 is 7.25. The van der Waals surface area contributed by atoms with E-state index in [1.165, 1.54) is 0 Å². The van der Waals surface area contributed by atoms with Gasteiger partial charge in [-0.2, -0.15) is 0 Å². The average molecular weight is 326 g/mol. The highest BCUT2D eigenvalue weighted by Gasteiger charge is 2.46. The van der Waals surface area contributed by atoms with Gasteiger partial charge in [-0.25, -0.2) is 0 Å². The van der Waals surface area contributed by atoms with Gasteiger partial charge in [0.1, 0.15) is 11.4 Å². The van der Waals surface area contributed by atoms with Crippen LogP contribution in [0.1, 0.15) is 38.4 Å². The van der Waals surface area contributed by atoms with Crippen molar-refractivity contribution < 1.29 is 9.84 Å². The van der Waals surface area contributed by atoms with Crippen LogP contribution in [-0.4, -0.2) is 34.7 Å². The maximum Gasteiger partial charge on any atom is 0.126 e. The second-order valence-electron chi connectivity index (χ2n) is 6.00. The van der Waals surface area contributed by atoms with Crippen LogP contribution in [0.15, 0.2) is 22.7 Å². The zero-order chi connectivity index (χ0) is 13.6. The average Bonchev–Trinajstić information content (AvgIpc) is 2.74. The largest absolute Gasteiger partial charge is 0.485 e. The molecule has 19 heavy (non-hydrogen) atoms. The molecule has 1 aromatic rings. The van der Waals surface area contributed by atoms with Crippen LogP contribution in [0.25, 0.3) is 0 Å². The quantitative estimate of drug-likeness (QED) is 0.861. The Bertz CT molecular complexity index is 491. The molecule has 0 aromatic heterocycles. The standard InChI is InChI=1S/C15H20BrNO2/c1-10(2)17-6-5-15(9-17)8-13(18)12-7-11(16)3-4-14(12)19-15/h3-4,7,10,13,18H,5-6,8-9H2,1-2H3/t13-,15?/m0/s1. The van der Waals surface area contributed by atoms with Gasteiger partial charge in [-0.3, -0.25) is 4.90 Å². The van der Waals surface area contributed by atoms with Crippen molar-refractivity contribution in [3.05, 3.63) is 28.2 Å². The van der Waals surface area contributed by atoms with Crippen LogP contribution in [0.2, 0.25) is 0 Å². The first-order valence-corrected chi connectivity index (χ1v) is 7.69. The number of hydrogen-bond donors (Lipinski definition) is 1. The van der Waals surface area contributed by atoms with Crippen LogP contribution in [0.5, 0.6) is 5.75 Å². The first kappa shape index (κ1) is 13.4. The fourth-order valence-corrected chi connectivity index (χ4v) is 3.56. The van der Waals surface area contributed by atoms with Crippen molar-refractivity contribution >= 4 is 15.9 Å². The maximum absolute atomic E-state index is 10.4. The van der Waals surface area contributed by atoms with Gasteiger partial charge in [0.25, 0.3) is 0 Å². The third-order valence-corrected chi connectivity index (χ3v) is 4.79. The summed E-state index contributed by atoms with van der Waals surface area (Å²) in [4.78, 5) is 2.43. The van der Waals surface area contributed by atoms with Crippen LogP contribution in [-0.2, 0) is 0 Å². The third kappa shape index (κ3) is 2.41. The molecule has 0 radical (unpaired) electrons. The second kappa shape index (κ2) is 4.76. The summed E-state index contributed by atoms with van der Waals surface area (Å²) in [6.07, 6.45) is 1.27. The Hall–Kier alpha value is -0.580. The van der Waals surface area contributed by atoms with E-state index in [9.17, 15) is 5.11 Å². The van der Waals surface area contributed by atoms with Gasteiger partial charge in [0, 0.05) is 42.0 Å². The predicted molar refractivity (Wildman–Crippen MR) is 78.4 cm³/mol. The van der Waals surface area contributed by atoms with Crippen molar-refractivity contribution in [2.24, 2.45) is 0 Å². The van der Waals surface area contributed by atoms with E-state index in [0.29, 0.717) is 12.5 Å². The second-order valence-corrected chi connectivity index (χ2v) is 6.92. The van der Waals surface area contributed by atoms with Gasteiger partial charge in [0.2, 0.25) is 0 Å². The number of fused-ring (bicyclic) bond motifs is 1. The Morgan fingerprint density at radius 3 is 2.95 bits per heavy atom. The highest BCUT2D eigenvalue weighted by Crippen LogP contribution is 2.44. The van der Waals surface area contributed by atoms with Crippen molar-refractivity contribution in [2.45, 2.75) is 44.4 Å². The summed E-state index contributed by atoms with van der Waals surface area (Å²) in [5.41, 5.74) is 0.702. The lowest BCUT2D eigenvalue weighted by Crippen LogP contribution is -2.44. The van der Waals surface area contributed by atoms with Crippen LogP contribution < -0.4 is 4.74 Å². The molecule has 3 nitrogen and oxygen atoms in total. The van der Waals surface area contributed by atoms with Gasteiger partial charge in [0.05, 0.1) is 6.10 Å². The number of ether oxygens (including phenoxy) is 1. The molecule has 2 heterocycles. The van der Waals surface area contributed by atoms with Crippen LogP contribution in [0.3, 0.4) is 0 Å². The summed E-state index contributed by atoms with van der Waals surface area (Å²) in [6, 6.07) is 6.43. The minimum absolute atomic E-state index is 0.204. The number of halogens is 1. The fraction of sp³-hybridized carbons (Fsp3) is 0.600. The van der Waals surface area contributed by atoms with Gasteiger partial charge in [-0.1, -0.05) is 15.9 Å². The number of likely N-dealkylation sites (tertiary alicyclic amines) is 1. The summed E-state index contributed by atoms with van der Waals surface area (Å²) >= 11 is 3.45. The molecule has 1 saturated heterocycles. The molecule has 0 aliphatic carbocycles. The first-order chi connectivity index (χ1) is 8.99. The summed E-state index contributed by atoms with van der Waals surface area (Å²) in [6.45, 7) is 6.39. The SMILES string of the molecule is CC(C)N1CCC2(C[C@H](O)c3cc(Br)ccc3O2)C1. The third-order valence-electron chi connectivity index (χ3n) is 4.30. The molecule has 0 amide bonds. The topological polar surface area (TPSA) is 32.7 Å². The van der Waals surface area contributed by atoms with E-state index in [0.717, 1.165) is 35.3 Å². The summed E-state index contributed by atoms with van der Waals surface area (Å²) in [5.74, 6) is 0.840. The van der Waals surface area contributed by atoms with E-state index in [-0.39, 0.29) is 5.60 Å². The number of aliphatic hydroxyl groups excluding tert-OH is 1. The Morgan fingerprint density at radius 2 is 2.26 bits per heavy atom. The minimum Gasteiger partial charge on any atom is -0.485 e. The molecular formula is C15H20BrNO2. The van der Waals surface area contributed by atoms with Gasteiger partial charge >= 0.3 is 0 Å². The Morgan fingerprint density at radius 1 is 1.47 bits per heavy atom. The van der Waals surface area contributed by atoms with Crippen molar-refractivity contribution in [1.82, 2.24) is 4.90 Å². The highest BCUT2D eigenvalue weighted by molar-refractivity contribution is 9.10. The van der Waals surface area contributed by atoms with Gasteiger partial charge in [0.15, 0.2) is 0 Å². The molecule has 0 bridgehead atoms. The molecule has 2 aliphatic rings. The molecule has 3 rings (SSSR count). The molecule has 2 atom stereocenters. The number of nitrogens with zero attached hydrogens (tertiary/aromatic N) is 1. The van der Waals surface area contributed by atoms with E-state index in [2.05, 4.69) is 34.7 Å². The zero-order valence-electron chi connectivity index (χ0n) is 11.4. The molecule has 1 aromatic carbocycles. The lowest BCUT2D eigenvalue weighted by Gasteiger charge is -2.38. The van der Waals surface area contributed by atoms with Gasteiger partial charge < -0.3 is 9.84 Å². The molecule has 2 aliphatic heterocycles. The van der Waals surface area contributed by atoms with E-state index in [4.69, 9.17) is 4.74 Å². The van der Waals surface area contributed by atoms with Crippen molar-refractivity contribution in [2.75, 3.05) is 13.1 Å². The molecule has 1 unspecified atom stereocenters. The van der Waals surface area contributed by atoms with E-state index < -0.39 is 6.10 Å². The van der Waals surface area contributed by atoms with Gasteiger partial charge in [-0.15, -0.1) is 0 Å². The number of hydrogen-bond acceptors (Lipinski definition) is 3. The monoisotopic (exact) mass is 325 g/mol. The zero-order valence-corrected chi connectivity index (χ0v) is 13.0. The molecule has 1 fully saturated rings. The fourth-order valence-electron chi connectivity index (χ4n) is 3.18. The highest BCUT2D eigenvalue weighted by atomic mass is 79.9. The van der Waals surface area contributed by atoms with Gasteiger partial charge in [-0.05, 0) is 32.0 Å². The van der Waals surface area contributed by atoms with E-state index in [1.807, 2.05) is 18.2 Å². The smallest absolute Gasteiger partial charge is 0.126 e. The Labute approximate surface area is 122 Å². The molecule has 104 valence electrons. The molecule has 4 heteroatoms. The Balaban J connectivity index is 1.87. The van der Waals surface area contributed by atoms with Crippen molar-refractivity contribution in [1.29, 1.82) is 0 Å². The Kier molecular flexibility index (Phi) is 3.36. The molecule has 0 saturated carbocycles. The number of benzene rings is 1. The van der Waals surface area contributed by atoms with Crippen LogP contribution in [0.4, 0.5) is 0 Å². The van der Waals surface area contributed by atoms with Crippen molar-refractivity contribution in [3.8, 4) is 5.75 Å². The van der Waals surface area contributed by atoms with E-state index in [1.54, 1.807) is 0 Å². The molecular weight excluding hydrogens is 306 g/mol. The summed E-state index contributed by atoms with van der Waals surface area (Å²) in [5, 5.41) is 10.4. The predicted octanol–water partition coefficient (Wildman–Crippen LogP) is 3.12. The number of aliphatic hydroxyl groups is 1. The first-order valence-electron chi connectivity index (χ1n) is 6.90. The van der Waals surface area contributed by atoms with Crippen LogP contribution >= 0.6 is 15.9 Å². The lowest BCUT2D eigenvalue weighted by atomic mass is 9.88.